The van der Waals surface area contributed by atoms with Gasteiger partial charge in [-0.15, -0.1) is 0 Å². The fourth-order valence-corrected chi connectivity index (χ4v) is 1.79. The van der Waals surface area contributed by atoms with Gasteiger partial charge in [-0.25, -0.2) is 4.79 Å². The minimum atomic E-state index is -0.574. The monoisotopic (exact) mass is 280 g/mol. The molecule has 0 aliphatic carbocycles. The number of rotatable bonds is 2. The van der Waals surface area contributed by atoms with Gasteiger partial charge in [-0.3, -0.25) is 0 Å². The third-order valence-corrected chi connectivity index (χ3v) is 2.66. The van der Waals surface area contributed by atoms with E-state index in [1.165, 1.54) is 25.3 Å². The van der Waals surface area contributed by atoms with Gasteiger partial charge in [0.15, 0.2) is 0 Å². The number of esters is 1. The van der Waals surface area contributed by atoms with Gasteiger partial charge in [0.2, 0.25) is 0 Å². The Morgan fingerprint density at radius 3 is 2.17 bits per heavy atom. The molecule has 1 rings (SSSR count). The molecule has 0 saturated carbocycles. The molecule has 1 aromatic carbocycles. The Hall–Kier alpha value is -2.01. The molecule has 0 heterocycles. The first-order valence-electron chi connectivity index (χ1n) is 4.62. The number of hydrogen-bond acceptors (Lipinski definition) is 4. The predicted octanol–water partition coefficient (Wildman–Crippen LogP) is 3.21. The average Bonchev–Trinajstić information content (AvgIpc) is 2.37. The number of allylic oxidation sites excluding steroid dienone is 1. The molecule has 90 valence electrons. The molecule has 0 bridgehead atoms. The predicted molar refractivity (Wildman–Crippen MR) is 67.0 cm³/mol. The minimum absolute atomic E-state index is 0.135. The summed E-state index contributed by atoms with van der Waals surface area (Å²) in [5, 5.41) is 17.6. The normalized spacial score (nSPS) is 8.94. The Morgan fingerprint density at radius 2 is 1.78 bits per heavy atom. The van der Waals surface area contributed by atoms with Gasteiger partial charge in [-0.05, 0) is 18.2 Å². The zero-order chi connectivity index (χ0) is 13.7. The fraction of sp³-hybridized carbons (Fsp3) is 0.0833. The highest BCUT2D eigenvalue weighted by atomic mass is 35.5. The first-order valence-corrected chi connectivity index (χ1v) is 5.38. The van der Waals surface area contributed by atoms with E-state index in [-0.39, 0.29) is 21.2 Å². The van der Waals surface area contributed by atoms with Crippen molar-refractivity contribution in [3.05, 3.63) is 38.9 Å². The van der Waals surface area contributed by atoms with E-state index >= 15 is 0 Å². The largest absolute Gasteiger partial charge is 0.465 e. The third kappa shape index (κ3) is 3.01. The molecule has 1 aromatic rings. The minimum Gasteiger partial charge on any atom is -0.465 e. The smallest absolute Gasteiger partial charge is 0.337 e. The number of carbonyl (C=O) groups excluding carboxylic acids is 1. The van der Waals surface area contributed by atoms with Gasteiger partial charge < -0.3 is 4.74 Å². The summed E-state index contributed by atoms with van der Waals surface area (Å²) < 4.78 is 4.53. The summed E-state index contributed by atoms with van der Waals surface area (Å²) in [6, 6.07) is 6.11. The second kappa shape index (κ2) is 6.07. The van der Waals surface area contributed by atoms with Crippen molar-refractivity contribution in [3.63, 3.8) is 0 Å². The van der Waals surface area contributed by atoms with E-state index in [4.69, 9.17) is 33.7 Å². The number of methoxy groups -OCH3 is 1. The lowest BCUT2D eigenvalue weighted by atomic mass is 10.1. The summed E-state index contributed by atoms with van der Waals surface area (Å²) in [6.07, 6.45) is 1.26. The molecule has 0 fully saturated rings. The Kier molecular flexibility index (Phi) is 4.74. The lowest BCUT2D eigenvalue weighted by Crippen LogP contribution is -2.01. The molecule has 0 spiro atoms. The maximum absolute atomic E-state index is 11.3. The zero-order valence-corrected chi connectivity index (χ0v) is 10.7. The number of ether oxygens (including phenoxy) is 1. The molecule has 0 N–H and O–H groups in total. The molecule has 0 amide bonds. The van der Waals surface area contributed by atoms with Crippen LogP contribution in [0.2, 0.25) is 10.0 Å². The summed E-state index contributed by atoms with van der Waals surface area (Å²) in [5.74, 6) is -0.574. The summed E-state index contributed by atoms with van der Waals surface area (Å²) in [5.41, 5.74) is 0.369. The van der Waals surface area contributed by atoms with Crippen molar-refractivity contribution in [3.8, 4) is 12.1 Å². The average molecular weight is 281 g/mol. The van der Waals surface area contributed by atoms with Crippen LogP contribution in [0.5, 0.6) is 0 Å². The summed E-state index contributed by atoms with van der Waals surface area (Å²) in [6.45, 7) is 0. The van der Waals surface area contributed by atoms with Crippen LogP contribution in [0.1, 0.15) is 15.9 Å². The van der Waals surface area contributed by atoms with Crippen LogP contribution in [-0.4, -0.2) is 13.1 Å². The third-order valence-electron chi connectivity index (χ3n) is 2.03. The van der Waals surface area contributed by atoms with Gasteiger partial charge >= 0.3 is 5.97 Å². The van der Waals surface area contributed by atoms with Crippen LogP contribution in [0.15, 0.2) is 17.7 Å². The van der Waals surface area contributed by atoms with Gasteiger partial charge in [-0.1, -0.05) is 23.2 Å². The molecule has 0 unspecified atom stereocenters. The van der Waals surface area contributed by atoms with Crippen molar-refractivity contribution < 1.29 is 9.53 Å². The lowest BCUT2D eigenvalue weighted by Gasteiger charge is -2.05. The number of hydrogen-bond donors (Lipinski definition) is 0. The molecule has 0 atom stereocenters. The Balaban J connectivity index is 3.36. The van der Waals surface area contributed by atoms with Crippen molar-refractivity contribution in [2.24, 2.45) is 0 Å². The van der Waals surface area contributed by atoms with Gasteiger partial charge in [0.25, 0.3) is 0 Å². The SMILES string of the molecule is COC(=O)c1cc(Cl)c(C=C(C#N)C#N)c(Cl)c1. The van der Waals surface area contributed by atoms with Gasteiger partial charge in [0.05, 0.1) is 22.7 Å². The van der Waals surface area contributed by atoms with E-state index < -0.39 is 5.97 Å². The van der Waals surface area contributed by atoms with Crippen LogP contribution < -0.4 is 0 Å². The lowest BCUT2D eigenvalue weighted by molar-refractivity contribution is 0.0600. The second-order valence-corrected chi connectivity index (χ2v) is 3.94. The highest BCUT2D eigenvalue weighted by Gasteiger charge is 2.12. The summed E-state index contributed by atoms with van der Waals surface area (Å²) in [4.78, 5) is 11.3. The molecule has 6 heteroatoms. The molecule has 18 heavy (non-hydrogen) atoms. The maximum Gasteiger partial charge on any atom is 0.337 e. The van der Waals surface area contributed by atoms with E-state index in [1.54, 1.807) is 12.1 Å². The van der Waals surface area contributed by atoms with Crippen LogP contribution >= 0.6 is 23.2 Å². The highest BCUT2D eigenvalue weighted by Crippen LogP contribution is 2.29. The molecule has 0 radical (unpaired) electrons. The molecular formula is C12H6Cl2N2O2. The van der Waals surface area contributed by atoms with Crippen molar-refractivity contribution in [1.29, 1.82) is 10.5 Å². The van der Waals surface area contributed by atoms with E-state index in [0.717, 1.165) is 0 Å². The van der Waals surface area contributed by atoms with E-state index in [9.17, 15) is 4.79 Å². The second-order valence-electron chi connectivity index (χ2n) is 3.13. The fourth-order valence-electron chi connectivity index (χ4n) is 1.19. The number of benzene rings is 1. The van der Waals surface area contributed by atoms with Gasteiger partial charge in [0.1, 0.15) is 17.7 Å². The van der Waals surface area contributed by atoms with E-state index in [1.807, 2.05) is 0 Å². The van der Waals surface area contributed by atoms with Crippen LogP contribution in [0.3, 0.4) is 0 Å². The summed E-state index contributed by atoms with van der Waals surface area (Å²) in [7, 11) is 1.24. The van der Waals surface area contributed by atoms with E-state index in [0.29, 0.717) is 5.56 Å². The standard InChI is InChI=1S/C12H6Cl2N2O2/c1-18-12(17)8-3-10(13)9(11(14)4-8)2-7(5-15)6-16/h2-4H,1H3. The molecular weight excluding hydrogens is 275 g/mol. The number of carbonyl (C=O) groups is 1. The van der Waals surface area contributed by atoms with Gasteiger partial charge in [-0.2, -0.15) is 10.5 Å². The quantitative estimate of drug-likeness (QED) is 0.616. The topological polar surface area (TPSA) is 73.9 Å². The van der Waals surface area contributed by atoms with Crippen molar-refractivity contribution >= 4 is 35.2 Å². The molecule has 0 saturated heterocycles. The van der Waals surface area contributed by atoms with Crippen molar-refractivity contribution in [2.45, 2.75) is 0 Å². The first kappa shape index (κ1) is 14.1. The molecule has 4 nitrogen and oxygen atoms in total. The number of halogens is 2. The van der Waals surface area contributed by atoms with Crippen molar-refractivity contribution in [2.75, 3.05) is 7.11 Å². The summed E-state index contributed by atoms with van der Waals surface area (Å²) >= 11 is 11.9. The zero-order valence-electron chi connectivity index (χ0n) is 9.20. The Morgan fingerprint density at radius 1 is 1.28 bits per heavy atom. The highest BCUT2D eigenvalue weighted by molar-refractivity contribution is 6.37. The molecule has 0 aliphatic heterocycles. The Bertz CT molecular complexity index is 570. The van der Waals surface area contributed by atoms with Gasteiger partial charge in [0, 0.05) is 5.56 Å². The van der Waals surface area contributed by atoms with Crippen molar-refractivity contribution in [1.82, 2.24) is 0 Å². The number of nitrogens with zero attached hydrogens (tertiary/aromatic N) is 2. The van der Waals surface area contributed by atoms with Crippen LogP contribution in [0.25, 0.3) is 6.08 Å². The molecule has 0 aromatic heterocycles. The first-order chi connectivity index (χ1) is 8.53. The van der Waals surface area contributed by atoms with E-state index in [2.05, 4.69) is 4.74 Å². The molecule has 0 aliphatic rings. The maximum atomic E-state index is 11.3. The van der Waals surface area contributed by atoms with Crippen LogP contribution in [-0.2, 0) is 4.74 Å². The van der Waals surface area contributed by atoms with Crippen LogP contribution in [0.4, 0.5) is 0 Å². The number of nitriles is 2. The van der Waals surface area contributed by atoms with Crippen LogP contribution in [0, 0.1) is 22.7 Å². The Labute approximate surface area is 114 Å².